The second-order valence-corrected chi connectivity index (χ2v) is 16.0. The first-order valence-corrected chi connectivity index (χ1v) is 22.7. The van der Waals surface area contributed by atoms with Crippen LogP contribution in [0.1, 0.15) is 155 Å². The monoisotopic (exact) mass is 796 g/mol. The Hall–Kier alpha value is -2.40. The molecule has 1 rings (SSSR count). The zero-order valence-electron chi connectivity index (χ0n) is 34.0. The first kappa shape index (κ1) is 50.6. The van der Waals surface area contributed by atoms with Crippen LogP contribution in [0.2, 0.25) is 0 Å². The molecule has 0 amide bonds. The van der Waals surface area contributed by atoms with E-state index >= 15 is 0 Å². The number of carbonyl (C=O) groups is 3. The molecule has 0 fully saturated rings. The van der Waals surface area contributed by atoms with Gasteiger partial charge in [-0.15, -0.1) is 0 Å². The number of aliphatic hydroxyl groups is 1. The number of nitrogens with two attached hydrogens (primary N) is 1. The van der Waals surface area contributed by atoms with Gasteiger partial charge in [0.05, 0.1) is 19.3 Å². The molecule has 0 aromatic heterocycles. The number of unbranched alkanes of at least 4 members (excludes halogenated alkanes) is 14. The van der Waals surface area contributed by atoms with Crippen LogP contribution < -0.4 is 5.73 Å². The van der Waals surface area contributed by atoms with Gasteiger partial charge in [-0.05, 0) is 69.8 Å². The highest BCUT2D eigenvalue weighted by Crippen LogP contribution is 2.43. The van der Waals surface area contributed by atoms with E-state index in [0.717, 1.165) is 57.8 Å². The van der Waals surface area contributed by atoms with Crippen molar-refractivity contribution in [2.75, 3.05) is 26.4 Å². The van der Waals surface area contributed by atoms with Crippen molar-refractivity contribution < 1.29 is 47.5 Å². The number of aliphatic hydroxyl groups excluding tert-OH is 1. The lowest BCUT2D eigenvalue weighted by Gasteiger charge is -2.19. The van der Waals surface area contributed by atoms with Gasteiger partial charge in [0.25, 0.3) is 0 Å². The Morgan fingerprint density at radius 2 is 1.40 bits per heavy atom. The summed E-state index contributed by atoms with van der Waals surface area (Å²) < 4.78 is 32.7. The van der Waals surface area contributed by atoms with Gasteiger partial charge < -0.3 is 25.2 Å². The van der Waals surface area contributed by atoms with Crippen LogP contribution in [0.5, 0.6) is 0 Å². The molecule has 316 valence electrons. The average molecular weight is 796 g/mol. The second-order valence-electron chi connectivity index (χ2n) is 14.5. The van der Waals surface area contributed by atoms with Crippen LogP contribution in [0.3, 0.4) is 0 Å². The Labute approximate surface area is 332 Å². The van der Waals surface area contributed by atoms with Crippen molar-refractivity contribution in [1.29, 1.82) is 0 Å². The van der Waals surface area contributed by atoms with Crippen LogP contribution in [0.4, 0.5) is 0 Å². The van der Waals surface area contributed by atoms with E-state index < -0.39 is 38.6 Å². The summed E-state index contributed by atoms with van der Waals surface area (Å²) in [4.78, 5) is 47.3. The van der Waals surface area contributed by atoms with Gasteiger partial charge in [0, 0.05) is 25.3 Å². The van der Waals surface area contributed by atoms with Gasteiger partial charge in [-0.3, -0.25) is 23.4 Å². The number of esters is 2. The molecule has 0 aromatic carbocycles. The van der Waals surface area contributed by atoms with Crippen molar-refractivity contribution in [2.45, 2.75) is 167 Å². The number of carbonyl (C=O) groups excluding carboxylic acids is 3. The summed E-state index contributed by atoms with van der Waals surface area (Å²) in [5, 5.41) is 10.2. The van der Waals surface area contributed by atoms with Gasteiger partial charge in [0.15, 0.2) is 11.9 Å². The summed E-state index contributed by atoms with van der Waals surface area (Å²) >= 11 is 0. The number of phosphoric acid groups is 1. The minimum atomic E-state index is -4.43. The molecule has 5 atom stereocenters. The third-order valence-electron chi connectivity index (χ3n) is 9.44. The van der Waals surface area contributed by atoms with Crippen molar-refractivity contribution in [3.63, 3.8) is 0 Å². The number of allylic oxidation sites excluding steroid dienone is 7. The lowest BCUT2D eigenvalue weighted by atomic mass is 9.90. The number of rotatable bonds is 36. The van der Waals surface area contributed by atoms with Gasteiger partial charge in [-0.1, -0.05) is 127 Å². The summed E-state index contributed by atoms with van der Waals surface area (Å²) in [6.45, 7) is 3.37. The van der Waals surface area contributed by atoms with Crippen LogP contribution in [-0.4, -0.2) is 66.3 Å². The average Bonchev–Trinajstić information content (AvgIpc) is 3.52. The van der Waals surface area contributed by atoms with E-state index in [1.54, 1.807) is 12.2 Å². The Morgan fingerprint density at radius 3 is 2.09 bits per heavy atom. The molecule has 1 aliphatic rings. The fourth-order valence-corrected chi connectivity index (χ4v) is 6.91. The number of hydrogen-bond acceptors (Lipinski definition) is 10. The van der Waals surface area contributed by atoms with Gasteiger partial charge in [0.2, 0.25) is 0 Å². The molecule has 12 heteroatoms. The minimum absolute atomic E-state index is 0.0180. The topological polar surface area (TPSA) is 172 Å². The number of hydrogen-bond donors (Lipinski definition) is 3. The minimum Gasteiger partial charge on any atom is -0.462 e. The standard InChI is InChI=1S/C43H74NO10P/c1-3-5-7-8-9-10-11-12-13-14-15-16-17-18-23-27-42(47)51-35-39(36-53-55(49,50)52-34-33-44)54-43(48)28-24-20-19-22-25-37-29-32-41(46)40(37)31-30-38(45)26-21-6-4-2/h12-13,19,22,29-32,37-40,45H,3-11,14-18,20-21,23-28,33-36,44H2,1-2H3,(H,49,50)/b13-12-,22-19-,31-30+/t37-,38-,39+,40+/m0/s1. The van der Waals surface area contributed by atoms with E-state index in [0.29, 0.717) is 32.1 Å². The summed E-state index contributed by atoms with van der Waals surface area (Å²) in [5.74, 6) is -1.22. The summed E-state index contributed by atoms with van der Waals surface area (Å²) in [7, 11) is -4.43. The predicted octanol–water partition coefficient (Wildman–Crippen LogP) is 9.56. The first-order valence-electron chi connectivity index (χ1n) is 21.2. The maximum absolute atomic E-state index is 12.7. The molecule has 0 saturated carbocycles. The van der Waals surface area contributed by atoms with Crippen molar-refractivity contribution in [2.24, 2.45) is 17.6 Å². The molecule has 0 heterocycles. The Morgan fingerprint density at radius 1 is 0.800 bits per heavy atom. The van der Waals surface area contributed by atoms with E-state index in [2.05, 4.69) is 26.0 Å². The molecule has 1 aliphatic carbocycles. The van der Waals surface area contributed by atoms with Crippen LogP contribution >= 0.6 is 7.82 Å². The third-order valence-corrected chi connectivity index (χ3v) is 10.4. The molecule has 0 saturated heterocycles. The van der Waals surface area contributed by atoms with Crippen LogP contribution in [0, 0.1) is 11.8 Å². The molecule has 0 bridgehead atoms. The number of phosphoric ester groups is 1. The van der Waals surface area contributed by atoms with E-state index in [-0.39, 0.29) is 50.2 Å². The van der Waals surface area contributed by atoms with E-state index in [1.165, 1.54) is 38.5 Å². The largest absolute Gasteiger partial charge is 0.472 e. The lowest BCUT2D eigenvalue weighted by Crippen LogP contribution is -2.29. The second kappa shape index (κ2) is 33.7. The zero-order chi connectivity index (χ0) is 40.4. The smallest absolute Gasteiger partial charge is 0.462 e. The number of ether oxygens (including phenoxy) is 2. The molecule has 11 nitrogen and oxygen atoms in total. The molecule has 0 spiro atoms. The Bertz CT molecular complexity index is 1190. The van der Waals surface area contributed by atoms with Crippen LogP contribution in [-0.2, 0) is 37.5 Å². The summed E-state index contributed by atoms with van der Waals surface area (Å²) in [6.07, 6.45) is 34.8. The molecule has 0 aromatic rings. The normalized spacial score (nSPS) is 18.1. The fourth-order valence-electron chi connectivity index (χ4n) is 6.15. The highest BCUT2D eigenvalue weighted by Gasteiger charge is 2.27. The van der Waals surface area contributed by atoms with Gasteiger partial charge in [0.1, 0.15) is 6.61 Å². The fraction of sp³-hybridized carbons (Fsp3) is 0.744. The highest BCUT2D eigenvalue weighted by atomic mass is 31.2. The Kier molecular flexibility index (Phi) is 31.0. The van der Waals surface area contributed by atoms with Crippen molar-refractivity contribution in [1.82, 2.24) is 0 Å². The quantitative estimate of drug-likeness (QED) is 0.0239. The lowest BCUT2D eigenvalue weighted by molar-refractivity contribution is -0.161. The summed E-state index contributed by atoms with van der Waals surface area (Å²) in [5.41, 5.74) is 5.34. The van der Waals surface area contributed by atoms with Crippen molar-refractivity contribution >= 4 is 25.5 Å². The van der Waals surface area contributed by atoms with Crippen LogP contribution in [0.15, 0.2) is 48.6 Å². The zero-order valence-corrected chi connectivity index (χ0v) is 34.9. The molecule has 4 N–H and O–H groups in total. The van der Waals surface area contributed by atoms with Crippen LogP contribution in [0.25, 0.3) is 0 Å². The maximum atomic E-state index is 12.7. The molecule has 55 heavy (non-hydrogen) atoms. The third kappa shape index (κ3) is 28.6. The van der Waals surface area contributed by atoms with Gasteiger partial charge in [-0.25, -0.2) is 4.57 Å². The molecular weight excluding hydrogens is 721 g/mol. The van der Waals surface area contributed by atoms with E-state index in [4.69, 9.17) is 24.3 Å². The molecule has 0 aliphatic heterocycles. The Balaban J connectivity index is 2.39. The summed E-state index contributed by atoms with van der Waals surface area (Å²) in [6, 6.07) is 0. The molecule has 1 unspecified atom stereocenters. The van der Waals surface area contributed by atoms with E-state index in [1.807, 2.05) is 24.3 Å². The maximum Gasteiger partial charge on any atom is 0.472 e. The van der Waals surface area contributed by atoms with Gasteiger partial charge >= 0.3 is 19.8 Å². The highest BCUT2D eigenvalue weighted by molar-refractivity contribution is 7.47. The van der Waals surface area contributed by atoms with Crippen molar-refractivity contribution in [3.8, 4) is 0 Å². The molecule has 0 radical (unpaired) electrons. The van der Waals surface area contributed by atoms with Gasteiger partial charge in [-0.2, -0.15) is 0 Å². The predicted molar refractivity (Wildman–Crippen MR) is 219 cm³/mol. The van der Waals surface area contributed by atoms with Crippen molar-refractivity contribution in [3.05, 3.63) is 48.6 Å². The first-order chi connectivity index (χ1) is 26.6. The SMILES string of the molecule is CCCCCCCC/C=C\CCCCCCCC(=O)OC[C@H](COP(=O)(O)OCCN)OC(=O)CCC/C=C\C[C@H]1C=CC(=O)[C@@H]1/C=C/[C@@H](O)CCCCC. The molecular formula is C43H74NO10P. The number of ketones is 1. The van der Waals surface area contributed by atoms with E-state index in [9.17, 15) is 28.9 Å².